The third-order valence-corrected chi connectivity index (χ3v) is 1.81. The highest BCUT2D eigenvalue weighted by atomic mass is 16.5. The van der Waals surface area contributed by atoms with Gasteiger partial charge in [-0.15, -0.1) is 0 Å². The molecule has 0 spiro atoms. The first-order valence-electron chi connectivity index (χ1n) is 4.53. The minimum Gasteiger partial charge on any atom is -0.508 e. The van der Waals surface area contributed by atoms with Gasteiger partial charge >= 0.3 is 5.97 Å². The molecular weight excluding hydrogens is 194 g/mol. The highest BCUT2D eigenvalue weighted by molar-refractivity contribution is 5.71. The Kier molecular flexibility index (Phi) is 4.17. The van der Waals surface area contributed by atoms with Gasteiger partial charge in [0.25, 0.3) is 0 Å². The summed E-state index contributed by atoms with van der Waals surface area (Å²) in [6.07, 6.45) is 0.368. The van der Waals surface area contributed by atoms with Gasteiger partial charge in [-0.3, -0.25) is 4.79 Å². The number of aromatic hydroxyl groups is 1. The fourth-order valence-corrected chi connectivity index (χ4v) is 1.06. The van der Waals surface area contributed by atoms with Crippen LogP contribution in [0.3, 0.4) is 0 Å². The summed E-state index contributed by atoms with van der Waals surface area (Å²) in [7, 11) is 0. The number of nitrogens with zero attached hydrogens (tertiary/aromatic N) is 1. The zero-order valence-corrected chi connectivity index (χ0v) is 8.14. The van der Waals surface area contributed by atoms with Crippen LogP contribution in [0.15, 0.2) is 24.3 Å². The van der Waals surface area contributed by atoms with Crippen LogP contribution < -0.4 is 0 Å². The number of benzene rings is 1. The summed E-state index contributed by atoms with van der Waals surface area (Å²) in [6, 6.07) is 8.38. The van der Waals surface area contributed by atoms with Crippen molar-refractivity contribution >= 4 is 5.97 Å². The number of carbonyl (C=O) groups excluding carboxylic acids is 1. The molecule has 0 radical (unpaired) electrons. The Labute approximate surface area is 87.7 Å². The van der Waals surface area contributed by atoms with Crippen LogP contribution in [0.25, 0.3) is 0 Å². The predicted molar refractivity (Wildman–Crippen MR) is 53.0 cm³/mol. The summed E-state index contributed by atoms with van der Waals surface area (Å²) in [6.45, 7) is 0.255. The molecule has 0 aliphatic carbocycles. The number of hydrogen-bond donors (Lipinski definition) is 1. The van der Waals surface area contributed by atoms with E-state index in [1.165, 1.54) is 0 Å². The van der Waals surface area contributed by atoms with E-state index in [2.05, 4.69) is 0 Å². The second kappa shape index (κ2) is 5.66. The quantitative estimate of drug-likeness (QED) is 0.754. The molecule has 1 N–H and O–H groups in total. The van der Waals surface area contributed by atoms with Crippen molar-refractivity contribution in [2.45, 2.75) is 12.8 Å². The molecule has 0 saturated heterocycles. The zero-order valence-electron chi connectivity index (χ0n) is 8.14. The van der Waals surface area contributed by atoms with Crippen LogP contribution in [-0.4, -0.2) is 17.7 Å². The van der Waals surface area contributed by atoms with Crippen molar-refractivity contribution in [2.24, 2.45) is 0 Å². The number of phenols is 1. The Bertz CT molecular complexity index is 364. The normalized spacial score (nSPS) is 9.27. The van der Waals surface area contributed by atoms with Crippen LogP contribution in [0, 0.1) is 11.3 Å². The number of carbonyl (C=O) groups is 1. The third kappa shape index (κ3) is 4.14. The number of rotatable bonds is 4. The second-order valence-electron chi connectivity index (χ2n) is 2.97. The third-order valence-electron chi connectivity index (χ3n) is 1.81. The van der Waals surface area contributed by atoms with E-state index >= 15 is 0 Å². The van der Waals surface area contributed by atoms with Crippen LogP contribution >= 0.6 is 0 Å². The maximum Gasteiger partial charge on any atom is 0.320 e. The van der Waals surface area contributed by atoms with Gasteiger partial charge in [-0.1, -0.05) is 12.1 Å². The van der Waals surface area contributed by atoms with Crippen molar-refractivity contribution in [2.75, 3.05) is 6.61 Å². The van der Waals surface area contributed by atoms with Crippen LogP contribution in [0.4, 0.5) is 0 Å². The number of ether oxygens (including phenoxy) is 1. The summed E-state index contributed by atoms with van der Waals surface area (Å²) in [5.41, 5.74) is 0.970. The highest BCUT2D eigenvalue weighted by Gasteiger charge is 2.01. The molecule has 0 amide bonds. The molecule has 0 saturated carbocycles. The van der Waals surface area contributed by atoms with Gasteiger partial charge in [0.15, 0.2) is 0 Å². The maximum absolute atomic E-state index is 10.8. The highest BCUT2D eigenvalue weighted by Crippen LogP contribution is 2.09. The molecule has 4 nitrogen and oxygen atoms in total. The summed E-state index contributed by atoms with van der Waals surface area (Å²) in [4.78, 5) is 10.8. The molecule has 0 aliphatic rings. The molecule has 0 atom stereocenters. The van der Waals surface area contributed by atoms with E-state index < -0.39 is 5.97 Å². The summed E-state index contributed by atoms with van der Waals surface area (Å²) < 4.78 is 4.79. The lowest BCUT2D eigenvalue weighted by molar-refractivity contribution is -0.142. The minimum absolute atomic E-state index is 0.209. The lowest BCUT2D eigenvalue weighted by Crippen LogP contribution is -2.06. The van der Waals surface area contributed by atoms with Gasteiger partial charge in [-0.2, -0.15) is 5.26 Å². The Morgan fingerprint density at radius 1 is 1.40 bits per heavy atom. The standard InChI is InChI=1S/C11H11NO3/c12-7-5-11(14)15-8-6-9-1-3-10(13)4-2-9/h1-4,13H,5-6,8H2. The Hall–Kier alpha value is -2.02. The van der Waals surface area contributed by atoms with E-state index in [0.717, 1.165) is 5.56 Å². The molecule has 0 aliphatic heterocycles. The maximum atomic E-state index is 10.8. The molecule has 1 aromatic rings. The molecule has 0 fully saturated rings. The van der Waals surface area contributed by atoms with Gasteiger partial charge in [-0.25, -0.2) is 0 Å². The first-order chi connectivity index (χ1) is 7.22. The first-order valence-corrected chi connectivity index (χ1v) is 4.53. The van der Waals surface area contributed by atoms with Gasteiger partial charge < -0.3 is 9.84 Å². The van der Waals surface area contributed by atoms with Crippen LogP contribution in [0.2, 0.25) is 0 Å². The Balaban J connectivity index is 2.29. The first kappa shape index (κ1) is 11.1. The van der Waals surface area contributed by atoms with Gasteiger partial charge in [0.05, 0.1) is 12.7 Å². The zero-order chi connectivity index (χ0) is 11.1. The van der Waals surface area contributed by atoms with E-state index in [0.29, 0.717) is 6.42 Å². The molecule has 15 heavy (non-hydrogen) atoms. The molecule has 78 valence electrons. The van der Waals surface area contributed by atoms with E-state index in [-0.39, 0.29) is 18.8 Å². The van der Waals surface area contributed by atoms with Crippen LogP contribution in [0.1, 0.15) is 12.0 Å². The lowest BCUT2D eigenvalue weighted by Gasteiger charge is -2.02. The number of hydrogen-bond acceptors (Lipinski definition) is 4. The summed E-state index contributed by atoms with van der Waals surface area (Å²) >= 11 is 0. The van der Waals surface area contributed by atoms with Crippen LogP contribution in [-0.2, 0) is 16.0 Å². The van der Waals surface area contributed by atoms with E-state index in [4.69, 9.17) is 15.1 Å². The van der Waals surface area contributed by atoms with E-state index in [1.54, 1.807) is 30.3 Å². The van der Waals surface area contributed by atoms with Crippen molar-refractivity contribution in [1.29, 1.82) is 5.26 Å². The second-order valence-corrected chi connectivity index (χ2v) is 2.97. The summed E-state index contributed by atoms with van der Waals surface area (Å²) in [5.74, 6) is -0.295. The molecule has 0 bridgehead atoms. The van der Waals surface area contributed by atoms with Crippen molar-refractivity contribution in [1.82, 2.24) is 0 Å². The Morgan fingerprint density at radius 3 is 2.67 bits per heavy atom. The largest absolute Gasteiger partial charge is 0.508 e. The molecule has 1 rings (SSSR count). The molecule has 0 heterocycles. The Morgan fingerprint density at radius 2 is 2.07 bits per heavy atom. The fraction of sp³-hybridized carbons (Fsp3) is 0.273. The minimum atomic E-state index is -0.503. The van der Waals surface area contributed by atoms with Crippen molar-refractivity contribution < 1.29 is 14.6 Å². The van der Waals surface area contributed by atoms with Crippen molar-refractivity contribution in [3.05, 3.63) is 29.8 Å². The number of phenolic OH excluding ortho intramolecular Hbond substituents is 1. The molecular formula is C11H11NO3. The lowest BCUT2D eigenvalue weighted by atomic mass is 10.1. The van der Waals surface area contributed by atoms with E-state index in [1.807, 2.05) is 0 Å². The van der Waals surface area contributed by atoms with Gasteiger partial charge in [0.2, 0.25) is 0 Å². The number of esters is 1. The average molecular weight is 205 g/mol. The monoisotopic (exact) mass is 205 g/mol. The number of nitriles is 1. The van der Waals surface area contributed by atoms with Gasteiger partial charge in [-0.05, 0) is 17.7 Å². The van der Waals surface area contributed by atoms with Crippen molar-refractivity contribution in [3.8, 4) is 11.8 Å². The predicted octanol–water partition coefficient (Wildman–Crippen LogP) is 1.39. The molecule has 0 unspecified atom stereocenters. The van der Waals surface area contributed by atoms with E-state index in [9.17, 15) is 4.79 Å². The SMILES string of the molecule is N#CCC(=O)OCCc1ccc(O)cc1. The van der Waals surface area contributed by atoms with Crippen molar-refractivity contribution in [3.63, 3.8) is 0 Å². The van der Waals surface area contributed by atoms with Crippen LogP contribution in [0.5, 0.6) is 5.75 Å². The molecule has 1 aromatic carbocycles. The van der Waals surface area contributed by atoms with Gasteiger partial charge in [0.1, 0.15) is 12.2 Å². The smallest absolute Gasteiger partial charge is 0.320 e. The molecule has 4 heteroatoms. The topological polar surface area (TPSA) is 70.3 Å². The summed E-state index contributed by atoms with van der Waals surface area (Å²) in [5, 5.41) is 17.2. The molecule has 0 aromatic heterocycles. The fourth-order valence-electron chi connectivity index (χ4n) is 1.06. The van der Waals surface area contributed by atoms with Gasteiger partial charge in [0, 0.05) is 6.42 Å². The average Bonchev–Trinajstić information content (AvgIpc) is 2.21.